The highest BCUT2D eigenvalue weighted by Crippen LogP contribution is 2.23. The highest BCUT2D eigenvalue weighted by atomic mass is 32.2. The van der Waals surface area contributed by atoms with Crippen LogP contribution in [0.2, 0.25) is 0 Å². The number of thioether (sulfide) groups is 1. The van der Waals surface area contributed by atoms with Crippen molar-refractivity contribution >= 4 is 34.4 Å². The van der Waals surface area contributed by atoms with Gasteiger partial charge in [-0.15, -0.1) is 0 Å². The molecule has 2 aromatic carbocycles. The molecular formula is C20H16FN5O2S. The number of benzene rings is 2. The summed E-state index contributed by atoms with van der Waals surface area (Å²) in [7, 11) is 0. The number of hydrogen-bond acceptors (Lipinski definition) is 5. The molecule has 9 heteroatoms. The summed E-state index contributed by atoms with van der Waals surface area (Å²) < 4.78 is 15.3. The van der Waals surface area contributed by atoms with Crippen LogP contribution in [0, 0.1) is 5.82 Å². The molecule has 0 aliphatic rings. The first-order valence-corrected chi connectivity index (χ1v) is 9.66. The maximum Gasteiger partial charge on any atom is 0.262 e. The van der Waals surface area contributed by atoms with Crippen LogP contribution in [0.4, 0.5) is 10.1 Å². The Bertz CT molecular complexity index is 1240. The Morgan fingerprint density at radius 2 is 1.90 bits per heavy atom. The number of nitrogens with zero attached hydrogens (tertiary/aromatic N) is 3. The number of anilines is 1. The fraction of sp³-hybridized carbons (Fsp3) is 0.100. The standard InChI is InChI=1S/C20H16FN5O2S/c1-12(18(27)23-16-10-6-5-9-15(16)21)29-20-24-17-14(19(28)25-20)11-22-26(17)13-7-3-2-4-8-13/h2-12H,1H3,(H,23,27)(H,24,25,28)/t12-/m0/s1. The predicted octanol–water partition coefficient (Wildman–Crippen LogP) is 3.37. The number of hydrogen-bond donors (Lipinski definition) is 2. The van der Waals surface area contributed by atoms with Crippen molar-refractivity contribution in [1.82, 2.24) is 19.7 Å². The lowest BCUT2D eigenvalue weighted by atomic mass is 10.3. The van der Waals surface area contributed by atoms with Crippen molar-refractivity contribution in [3.63, 3.8) is 0 Å². The van der Waals surface area contributed by atoms with Crippen molar-refractivity contribution in [1.29, 1.82) is 0 Å². The number of rotatable bonds is 5. The molecule has 0 bridgehead atoms. The zero-order valence-corrected chi connectivity index (χ0v) is 16.1. The van der Waals surface area contributed by atoms with E-state index >= 15 is 0 Å². The summed E-state index contributed by atoms with van der Waals surface area (Å²) in [6.45, 7) is 1.65. The Morgan fingerprint density at radius 3 is 2.66 bits per heavy atom. The van der Waals surface area contributed by atoms with E-state index in [0.717, 1.165) is 17.4 Å². The number of fused-ring (bicyclic) bond motifs is 1. The Hall–Kier alpha value is -3.46. The Labute approximate surface area is 169 Å². The number of halogens is 1. The van der Waals surface area contributed by atoms with Gasteiger partial charge in [-0.1, -0.05) is 42.1 Å². The van der Waals surface area contributed by atoms with Crippen LogP contribution in [-0.2, 0) is 4.79 Å². The Morgan fingerprint density at radius 1 is 1.17 bits per heavy atom. The van der Waals surface area contributed by atoms with Gasteiger partial charge in [0, 0.05) is 0 Å². The maximum atomic E-state index is 13.7. The molecule has 2 aromatic heterocycles. The summed E-state index contributed by atoms with van der Waals surface area (Å²) in [6.07, 6.45) is 1.46. The molecule has 2 heterocycles. The van der Waals surface area contributed by atoms with Crippen LogP contribution in [0.25, 0.3) is 16.7 Å². The third kappa shape index (κ3) is 3.90. The van der Waals surface area contributed by atoms with Gasteiger partial charge in [-0.25, -0.2) is 14.1 Å². The third-order valence-electron chi connectivity index (χ3n) is 4.21. The van der Waals surface area contributed by atoms with Crippen LogP contribution in [0.15, 0.2) is 70.7 Å². The van der Waals surface area contributed by atoms with Crippen LogP contribution >= 0.6 is 11.8 Å². The number of H-pyrrole nitrogens is 1. The van der Waals surface area contributed by atoms with Gasteiger partial charge >= 0.3 is 0 Å². The molecule has 2 N–H and O–H groups in total. The molecule has 7 nitrogen and oxygen atoms in total. The summed E-state index contributed by atoms with van der Waals surface area (Å²) in [4.78, 5) is 32.0. The zero-order valence-electron chi connectivity index (χ0n) is 15.3. The minimum Gasteiger partial charge on any atom is -0.323 e. The number of carbonyl (C=O) groups excluding carboxylic acids is 1. The monoisotopic (exact) mass is 409 g/mol. The molecule has 0 unspecified atom stereocenters. The molecule has 1 atom stereocenters. The van der Waals surface area contributed by atoms with Crippen molar-refractivity contribution in [3.05, 3.63) is 77.0 Å². The van der Waals surface area contributed by atoms with Gasteiger partial charge in [0.2, 0.25) is 5.91 Å². The van der Waals surface area contributed by atoms with Crippen molar-refractivity contribution < 1.29 is 9.18 Å². The van der Waals surface area contributed by atoms with Gasteiger partial charge in [0.25, 0.3) is 5.56 Å². The topological polar surface area (TPSA) is 92.7 Å². The van der Waals surface area contributed by atoms with Crippen molar-refractivity contribution in [2.24, 2.45) is 0 Å². The molecule has 29 heavy (non-hydrogen) atoms. The number of carbonyl (C=O) groups is 1. The summed E-state index contributed by atoms with van der Waals surface area (Å²) in [6, 6.07) is 15.2. The first-order chi connectivity index (χ1) is 14.0. The van der Waals surface area contributed by atoms with E-state index in [9.17, 15) is 14.0 Å². The van der Waals surface area contributed by atoms with Crippen LogP contribution in [0.3, 0.4) is 0 Å². The molecule has 0 fully saturated rings. The van der Waals surface area contributed by atoms with Gasteiger partial charge in [-0.3, -0.25) is 9.59 Å². The number of nitrogens with one attached hydrogen (secondary N) is 2. The van der Waals surface area contributed by atoms with Crippen LogP contribution in [0.5, 0.6) is 0 Å². The largest absolute Gasteiger partial charge is 0.323 e. The first kappa shape index (κ1) is 18.9. The Kier molecular flexibility index (Phi) is 5.13. The number of aromatic nitrogens is 4. The molecule has 0 spiro atoms. The summed E-state index contributed by atoms with van der Waals surface area (Å²) in [5.41, 5.74) is 0.913. The van der Waals surface area contributed by atoms with Crippen molar-refractivity contribution in [2.45, 2.75) is 17.3 Å². The average Bonchev–Trinajstić information content (AvgIpc) is 3.15. The van der Waals surface area contributed by atoms with E-state index in [0.29, 0.717) is 11.0 Å². The average molecular weight is 409 g/mol. The fourth-order valence-electron chi connectivity index (χ4n) is 2.73. The first-order valence-electron chi connectivity index (χ1n) is 8.78. The van der Waals surface area contributed by atoms with Gasteiger partial charge < -0.3 is 10.3 Å². The normalized spacial score (nSPS) is 12.1. The van der Waals surface area contributed by atoms with Gasteiger partial charge in [0.1, 0.15) is 11.2 Å². The smallest absolute Gasteiger partial charge is 0.262 e. The lowest BCUT2D eigenvalue weighted by Gasteiger charge is -2.12. The van der Waals surface area contributed by atoms with Gasteiger partial charge in [0.15, 0.2) is 10.8 Å². The molecule has 1 amide bonds. The van der Waals surface area contributed by atoms with E-state index in [1.807, 2.05) is 30.3 Å². The summed E-state index contributed by atoms with van der Waals surface area (Å²) >= 11 is 1.07. The van der Waals surface area contributed by atoms with E-state index in [2.05, 4.69) is 20.4 Å². The van der Waals surface area contributed by atoms with E-state index < -0.39 is 17.0 Å². The summed E-state index contributed by atoms with van der Waals surface area (Å²) in [5, 5.41) is 6.79. The predicted molar refractivity (Wildman–Crippen MR) is 110 cm³/mol. The van der Waals surface area contributed by atoms with Crippen molar-refractivity contribution in [3.8, 4) is 5.69 Å². The second kappa shape index (κ2) is 7.88. The second-order valence-electron chi connectivity index (χ2n) is 6.23. The molecule has 0 saturated carbocycles. The van der Waals surface area contributed by atoms with E-state index in [4.69, 9.17) is 0 Å². The SMILES string of the molecule is C[C@H](Sc1nc2c(cnn2-c2ccccc2)c(=O)[nH]1)C(=O)Nc1ccccc1F. The molecule has 0 aliphatic carbocycles. The molecule has 4 rings (SSSR count). The lowest BCUT2D eigenvalue weighted by Crippen LogP contribution is -2.23. The molecule has 4 aromatic rings. The molecular weight excluding hydrogens is 393 g/mol. The van der Waals surface area contributed by atoms with E-state index in [-0.39, 0.29) is 16.4 Å². The van der Waals surface area contributed by atoms with Gasteiger partial charge in [-0.05, 0) is 31.2 Å². The Balaban J connectivity index is 1.60. The van der Waals surface area contributed by atoms with Crippen LogP contribution in [0.1, 0.15) is 6.92 Å². The highest BCUT2D eigenvalue weighted by molar-refractivity contribution is 8.00. The van der Waals surface area contributed by atoms with Crippen molar-refractivity contribution in [2.75, 3.05) is 5.32 Å². The molecule has 146 valence electrons. The quantitative estimate of drug-likeness (QED) is 0.389. The lowest BCUT2D eigenvalue weighted by molar-refractivity contribution is -0.115. The third-order valence-corrected chi connectivity index (χ3v) is 5.19. The number of aromatic amines is 1. The zero-order chi connectivity index (χ0) is 20.4. The number of para-hydroxylation sites is 2. The molecule has 0 radical (unpaired) electrons. The van der Waals surface area contributed by atoms with Crippen LogP contribution in [-0.4, -0.2) is 30.9 Å². The molecule has 0 aliphatic heterocycles. The molecule has 0 saturated heterocycles. The highest BCUT2D eigenvalue weighted by Gasteiger charge is 2.19. The van der Waals surface area contributed by atoms with Gasteiger partial charge in [-0.2, -0.15) is 5.10 Å². The minimum atomic E-state index is -0.622. The van der Waals surface area contributed by atoms with E-state index in [1.54, 1.807) is 23.7 Å². The maximum absolute atomic E-state index is 13.7. The second-order valence-corrected chi connectivity index (χ2v) is 7.56. The summed E-state index contributed by atoms with van der Waals surface area (Å²) in [5.74, 6) is -0.919. The van der Waals surface area contributed by atoms with E-state index in [1.165, 1.54) is 18.3 Å². The van der Waals surface area contributed by atoms with Gasteiger partial charge in [0.05, 0.1) is 22.8 Å². The van der Waals surface area contributed by atoms with Crippen LogP contribution < -0.4 is 10.9 Å². The fourth-order valence-corrected chi connectivity index (χ4v) is 3.52. The minimum absolute atomic E-state index is 0.101. The number of amides is 1.